The molecule has 370 valence electrons. The van der Waals surface area contributed by atoms with Crippen molar-refractivity contribution in [2.24, 2.45) is 5.92 Å². The third-order valence-corrected chi connectivity index (χ3v) is 12.3. The molecule has 0 aliphatic carbocycles. The molecule has 0 aliphatic heterocycles. The Labute approximate surface area is 385 Å². The molecular formula is C51H98N4O8. The lowest BCUT2D eigenvalue weighted by atomic mass is 9.96. The summed E-state index contributed by atoms with van der Waals surface area (Å²) in [6.45, 7) is 5.34. The third kappa shape index (κ3) is 45.6. The molecule has 0 bridgehead atoms. The zero-order chi connectivity index (χ0) is 46.4. The number of hydrogen-bond acceptors (Lipinski definition) is 7. The van der Waals surface area contributed by atoms with E-state index in [1.807, 2.05) is 0 Å². The van der Waals surface area contributed by atoms with E-state index >= 15 is 0 Å². The Morgan fingerprint density at radius 3 is 1.03 bits per heavy atom. The topological polar surface area (TPSA) is 177 Å². The van der Waals surface area contributed by atoms with Crippen molar-refractivity contribution in [2.75, 3.05) is 52.4 Å². The summed E-state index contributed by atoms with van der Waals surface area (Å²) in [7, 11) is 0. The van der Waals surface area contributed by atoms with Crippen molar-refractivity contribution in [3.8, 4) is 0 Å². The van der Waals surface area contributed by atoms with Gasteiger partial charge in [0.25, 0.3) is 0 Å². The Kier molecular flexibility index (Phi) is 43.8. The van der Waals surface area contributed by atoms with Crippen molar-refractivity contribution in [3.05, 3.63) is 0 Å². The van der Waals surface area contributed by atoms with Crippen LogP contribution >= 0.6 is 0 Å². The first-order valence-corrected chi connectivity index (χ1v) is 26.2. The SMILES string of the molecule is CCCCCCCCCCCCCCCCCCNC(=O)CC(CCN(CCN(CC(=O)O)CC(=O)NCCCCCCCCCCCCCCCCCC)CC(=O)O)CC(=O)O. The van der Waals surface area contributed by atoms with Gasteiger partial charge in [-0.1, -0.05) is 206 Å². The van der Waals surface area contributed by atoms with Crippen LogP contribution in [0, 0.1) is 5.92 Å². The Morgan fingerprint density at radius 1 is 0.365 bits per heavy atom. The number of carbonyl (C=O) groups excluding carboxylic acids is 2. The molecule has 0 aromatic heterocycles. The summed E-state index contributed by atoms with van der Waals surface area (Å²) in [5, 5.41) is 34.5. The van der Waals surface area contributed by atoms with E-state index in [0.717, 1.165) is 38.5 Å². The summed E-state index contributed by atoms with van der Waals surface area (Å²) in [5.41, 5.74) is 0. The quantitative estimate of drug-likeness (QED) is 0.0369. The first-order chi connectivity index (χ1) is 30.6. The maximum Gasteiger partial charge on any atom is 0.317 e. The molecule has 0 spiro atoms. The number of nitrogens with zero attached hydrogens (tertiary/aromatic N) is 2. The van der Waals surface area contributed by atoms with Crippen molar-refractivity contribution in [1.82, 2.24) is 20.4 Å². The van der Waals surface area contributed by atoms with Crippen LogP contribution in [0.1, 0.15) is 239 Å². The van der Waals surface area contributed by atoms with E-state index in [0.29, 0.717) is 19.5 Å². The molecular weight excluding hydrogens is 797 g/mol. The summed E-state index contributed by atoms with van der Waals surface area (Å²) in [6.07, 6.45) is 40.9. The molecule has 1 atom stereocenters. The molecule has 0 saturated carbocycles. The fourth-order valence-electron chi connectivity index (χ4n) is 8.43. The van der Waals surface area contributed by atoms with Crippen molar-refractivity contribution in [2.45, 2.75) is 239 Å². The van der Waals surface area contributed by atoms with Crippen LogP contribution in [-0.2, 0) is 24.0 Å². The number of nitrogens with one attached hydrogen (secondary N) is 2. The van der Waals surface area contributed by atoms with Crippen LogP contribution in [0.2, 0.25) is 0 Å². The van der Waals surface area contributed by atoms with Gasteiger partial charge in [0.1, 0.15) is 0 Å². The highest BCUT2D eigenvalue weighted by molar-refractivity contribution is 5.79. The van der Waals surface area contributed by atoms with Crippen LogP contribution in [0.4, 0.5) is 0 Å². The molecule has 0 saturated heterocycles. The van der Waals surface area contributed by atoms with E-state index < -0.39 is 23.8 Å². The van der Waals surface area contributed by atoms with Gasteiger partial charge in [-0.3, -0.25) is 33.8 Å². The molecule has 0 radical (unpaired) electrons. The molecule has 12 nitrogen and oxygen atoms in total. The van der Waals surface area contributed by atoms with Gasteiger partial charge in [-0.05, 0) is 31.7 Å². The van der Waals surface area contributed by atoms with E-state index in [1.54, 1.807) is 4.90 Å². The smallest absolute Gasteiger partial charge is 0.317 e. The average molecular weight is 895 g/mol. The van der Waals surface area contributed by atoms with Gasteiger partial charge in [-0.25, -0.2) is 0 Å². The zero-order valence-corrected chi connectivity index (χ0v) is 40.8. The molecule has 0 rings (SSSR count). The van der Waals surface area contributed by atoms with Gasteiger partial charge in [0.15, 0.2) is 0 Å². The lowest BCUT2D eigenvalue weighted by Gasteiger charge is -2.26. The van der Waals surface area contributed by atoms with Gasteiger partial charge in [-0.15, -0.1) is 0 Å². The number of carbonyl (C=O) groups is 5. The van der Waals surface area contributed by atoms with Crippen molar-refractivity contribution in [3.63, 3.8) is 0 Å². The van der Waals surface area contributed by atoms with Crippen LogP contribution < -0.4 is 10.6 Å². The monoisotopic (exact) mass is 895 g/mol. The predicted molar refractivity (Wildman–Crippen MR) is 258 cm³/mol. The van der Waals surface area contributed by atoms with Crippen LogP contribution in [0.5, 0.6) is 0 Å². The lowest BCUT2D eigenvalue weighted by molar-refractivity contribution is -0.140. The summed E-state index contributed by atoms with van der Waals surface area (Å²) in [4.78, 5) is 63.6. The van der Waals surface area contributed by atoms with Crippen LogP contribution in [-0.4, -0.2) is 107 Å². The van der Waals surface area contributed by atoms with Crippen LogP contribution in [0.3, 0.4) is 0 Å². The second kappa shape index (κ2) is 45.8. The highest BCUT2D eigenvalue weighted by atomic mass is 16.4. The molecule has 2 amide bonds. The minimum Gasteiger partial charge on any atom is -0.481 e. The van der Waals surface area contributed by atoms with Gasteiger partial charge >= 0.3 is 17.9 Å². The number of unbranched alkanes of at least 4 members (excludes halogenated alkanes) is 30. The number of amides is 2. The molecule has 0 heterocycles. The van der Waals surface area contributed by atoms with Gasteiger partial charge in [-0.2, -0.15) is 0 Å². The Hall–Kier alpha value is -2.73. The molecule has 0 fully saturated rings. The second-order valence-electron chi connectivity index (χ2n) is 18.5. The number of rotatable bonds is 50. The Morgan fingerprint density at radius 2 is 0.683 bits per heavy atom. The highest BCUT2D eigenvalue weighted by Gasteiger charge is 2.21. The van der Waals surface area contributed by atoms with E-state index in [4.69, 9.17) is 0 Å². The maximum absolute atomic E-state index is 12.8. The van der Waals surface area contributed by atoms with E-state index in [2.05, 4.69) is 24.5 Å². The van der Waals surface area contributed by atoms with E-state index in [-0.39, 0.29) is 63.9 Å². The fraction of sp³-hybridized carbons (Fsp3) is 0.902. The fourth-order valence-corrected chi connectivity index (χ4v) is 8.43. The molecule has 5 N–H and O–H groups in total. The molecule has 0 aromatic rings. The van der Waals surface area contributed by atoms with Gasteiger partial charge < -0.3 is 26.0 Å². The first-order valence-electron chi connectivity index (χ1n) is 26.2. The van der Waals surface area contributed by atoms with Crippen molar-refractivity contribution >= 4 is 29.7 Å². The van der Waals surface area contributed by atoms with Crippen molar-refractivity contribution in [1.29, 1.82) is 0 Å². The lowest BCUT2D eigenvalue weighted by Crippen LogP contribution is -2.44. The number of aliphatic carboxylic acids is 3. The van der Waals surface area contributed by atoms with Crippen molar-refractivity contribution < 1.29 is 39.3 Å². The summed E-state index contributed by atoms with van der Waals surface area (Å²) >= 11 is 0. The van der Waals surface area contributed by atoms with Gasteiger partial charge in [0, 0.05) is 39.0 Å². The van der Waals surface area contributed by atoms with E-state index in [1.165, 1.54) is 172 Å². The maximum atomic E-state index is 12.8. The predicted octanol–water partition coefficient (Wildman–Crippen LogP) is 11.4. The number of carboxylic acids is 3. The standard InChI is InChI=1S/C51H98N4O8/c1-3-5-7-9-11-13-15-17-19-21-23-25-27-29-31-33-36-52-47(56)41-46(42-49(58)59)35-38-54(44-50(60)61)39-40-55(45-51(62)63)43-48(57)53-37-34-32-30-28-26-24-22-20-18-16-14-12-10-8-6-4-2/h46H,3-45H2,1-2H3,(H,52,56)(H,53,57)(H,58,59)(H,60,61)(H,62,63). The highest BCUT2D eigenvalue weighted by Crippen LogP contribution is 2.17. The van der Waals surface area contributed by atoms with Gasteiger partial charge in [0.05, 0.1) is 19.6 Å². The minimum absolute atomic E-state index is 0.0385. The molecule has 63 heavy (non-hydrogen) atoms. The van der Waals surface area contributed by atoms with Gasteiger partial charge in [0.2, 0.25) is 11.8 Å². The van der Waals surface area contributed by atoms with Crippen LogP contribution in [0.25, 0.3) is 0 Å². The third-order valence-electron chi connectivity index (χ3n) is 12.3. The van der Waals surface area contributed by atoms with Crippen LogP contribution in [0.15, 0.2) is 0 Å². The largest absolute Gasteiger partial charge is 0.481 e. The second-order valence-corrected chi connectivity index (χ2v) is 18.5. The summed E-state index contributed by atoms with van der Waals surface area (Å²) in [5.74, 6) is -4.12. The first kappa shape index (κ1) is 60.3. The average Bonchev–Trinajstić information content (AvgIpc) is 3.23. The molecule has 0 aliphatic rings. The molecule has 0 aromatic carbocycles. The Bertz CT molecular complexity index is 1030. The van der Waals surface area contributed by atoms with E-state index in [9.17, 15) is 39.3 Å². The zero-order valence-electron chi connectivity index (χ0n) is 40.8. The summed E-state index contributed by atoms with van der Waals surface area (Å²) < 4.78 is 0. The number of carboxylic acid groups (broad SMARTS) is 3. The molecule has 1 unspecified atom stereocenters. The Balaban J connectivity index is 4.36. The normalized spacial score (nSPS) is 11.9. The summed E-state index contributed by atoms with van der Waals surface area (Å²) in [6, 6.07) is 0. The minimum atomic E-state index is -1.09. The molecule has 12 heteroatoms. The number of hydrogen-bond donors (Lipinski definition) is 5.